The highest BCUT2D eigenvalue weighted by atomic mass is 16.4. The summed E-state index contributed by atoms with van der Waals surface area (Å²) in [6, 6.07) is -1.32. The second-order valence-electron chi connectivity index (χ2n) is 18.3. The van der Waals surface area contributed by atoms with Crippen LogP contribution in [0.1, 0.15) is 70.4 Å². The van der Waals surface area contributed by atoms with E-state index >= 15 is 0 Å². The summed E-state index contributed by atoms with van der Waals surface area (Å²) in [5, 5.41) is 83.4. The number of nitrogens with two attached hydrogens (primary N) is 1. The van der Waals surface area contributed by atoms with Gasteiger partial charge in [0.25, 0.3) is 0 Å². The van der Waals surface area contributed by atoms with Crippen LogP contribution in [0.15, 0.2) is 48.5 Å². The quantitative estimate of drug-likeness (QED) is 0.0305. The molecule has 1 heterocycles. The van der Waals surface area contributed by atoms with Gasteiger partial charge in [-0.05, 0) is 93.4 Å². The number of aliphatic hydroxyl groups excluding tert-OH is 3. The standard InChI is InChI=1S/C49H73N11O16/c1-4-26(2)40(48(74)55-33(8-5-6-18-50)44(70)53-27(3)41(67)59-38(25-63)49(75)76)60-47(73)37(24-62)58-46(72)35(21-29-12-16-31(65)17-13-29)56-45(71)34(20-28-10-14-30(64)15-11-28)54-39(66)22-52-42(68)36(23-61)57-43(69)32-9-7-19-51-32/h10-17,26-27,32-38,40,51,61-65H,4-9,18-25,50H2,1-3H3,(H,52,68)(H,53,70)(H,54,66)(H,55,74)(H,56,71)(H,57,69)(H,58,72)(H,59,67)(H,60,73)(H,75,76)/t26-,27-,32-,33-,34-,35-,36-,37-,38-,40-/m0/s1. The average molecular weight is 1070 g/mol. The Balaban J connectivity index is 1.84. The molecule has 10 atom stereocenters. The first kappa shape index (κ1) is 62.8. The first-order valence-corrected chi connectivity index (χ1v) is 24.9. The number of nitrogens with one attached hydrogen (secondary N) is 10. The molecule has 1 aliphatic rings. The van der Waals surface area contributed by atoms with Crippen LogP contribution < -0.4 is 58.9 Å². The Morgan fingerprint density at radius 2 is 1.08 bits per heavy atom. The maximum atomic E-state index is 14.2. The predicted octanol–water partition coefficient (Wildman–Crippen LogP) is -5.11. The molecular weight excluding hydrogens is 999 g/mol. The van der Waals surface area contributed by atoms with Gasteiger partial charge in [0, 0.05) is 12.8 Å². The van der Waals surface area contributed by atoms with Crippen LogP contribution >= 0.6 is 0 Å². The van der Waals surface area contributed by atoms with Crippen molar-refractivity contribution >= 4 is 59.1 Å². The molecule has 18 N–H and O–H groups in total. The largest absolute Gasteiger partial charge is 0.508 e. The average Bonchev–Trinajstić information content (AvgIpc) is 3.95. The third kappa shape index (κ3) is 20.7. The van der Waals surface area contributed by atoms with Crippen molar-refractivity contribution in [1.29, 1.82) is 0 Å². The van der Waals surface area contributed by atoms with Crippen LogP contribution in [-0.4, -0.2) is 184 Å². The molecule has 0 spiro atoms. The van der Waals surface area contributed by atoms with Gasteiger partial charge in [0.2, 0.25) is 53.2 Å². The van der Waals surface area contributed by atoms with E-state index in [2.05, 4.69) is 53.2 Å². The Hall–Kier alpha value is -7.46. The van der Waals surface area contributed by atoms with E-state index in [0.29, 0.717) is 43.4 Å². The minimum atomic E-state index is -1.76. The molecule has 9 amide bonds. The zero-order valence-electron chi connectivity index (χ0n) is 42.6. The molecule has 420 valence electrons. The van der Waals surface area contributed by atoms with Crippen LogP contribution in [0, 0.1) is 5.92 Å². The number of phenolic OH excluding ortho intramolecular Hbond substituents is 2. The molecule has 27 nitrogen and oxygen atoms in total. The summed E-state index contributed by atoms with van der Waals surface area (Å²) in [6.45, 7) is 1.94. The first-order valence-electron chi connectivity index (χ1n) is 24.9. The Morgan fingerprint density at radius 3 is 1.58 bits per heavy atom. The van der Waals surface area contributed by atoms with Gasteiger partial charge in [0.05, 0.1) is 32.4 Å². The zero-order chi connectivity index (χ0) is 56.5. The third-order valence-electron chi connectivity index (χ3n) is 12.4. The van der Waals surface area contributed by atoms with Gasteiger partial charge in [0.15, 0.2) is 0 Å². The van der Waals surface area contributed by atoms with Crippen molar-refractivity contribution in [3.8, 4) is 11.5 Å². The van der Waals surface area contributed by atoms with Crippen LogP contribution in [0.3, 0.4) is 0 Å². The van der Waals surface area contributed by atoms with Gasteiger partial charge in [0.1, 0.15) is 59.8 Å². The van der Waals surface area contributed by atoms with E-state index in [9.17, 15) is 78.6 Å². The van der Waals surface area contributed by atoms with Crippen LogP contribution in [0.25, 0.3) is 0 Å². The second kappa shape index (κ2) is 32.1. The van der Waals surface area contributed by atoms with Crippen molar-refractivity contribution in [2.75, 3.05) is 39.5 Å². The molecule has 3 rings (SSSR count). The molecule has 0 bridgehead atoms. The number of carboxylic acids is 1. The Labute approximate surface area is 438 Å². The number of hydrogen-bond donors (Lipinski definition) is 17. The van der Waals surface area contributed by atoms with Gasteiger partial charge in [-0.15, -0.1) is 0 Å². The van der Waals surface area contributed by atoms with Crippen molar-refractivity contribution < 1.29 is 78.6 Å². The van der Waals surface area contributed by atoms with Gasteiger partial charge in [-0.2, -0.15) is 0 Å². The lowest BCUT2D eigenvalue weighted by Crippen LogP contribution is -2.61. The van der Waals surface area contributed by atoms with Gasteiger partial charge < -0.3 is 89.5 Å². The Bertz CT molecular complexity index is 2280. The highest BCUT2D eigenvalue weighted by Gasteiger charge is 2.35. The molecular formula is C49H73N11O16. The summed E-state index contributed by atoms with van der Waals surface area (Å²) in [6.07, 6.45) is 1.82. The number of aromatic hydroxyl groups is 2. The minimum absolute atomic E-state index is 0.0165. The van der Waals surface area contributed by atoms with Gasteiger partial charge in [-0.25, -0.2) is 4.79 Å². The minimum Gasteiger partial charge on any atom is -0.508 e. The number of hydrogen-bond acceptors (Lipinski definition) is 17. The number of benzene rings is 2. The van der Waals surface area contributed by atoms with Crippen LogP contribution in [0.4, 0.5) is 0 Å². The fraction of sp³-hybridized carbons (Fsp3) is 0.551. The van der Waals surface area contributed by atoms with Gasteiger partial charge >= 0.3 is 5.97 Å². The predicted molar refractivity (Wildman–Crippen MR) is 270 cm³/mol. The fourth-order valence-corrected chi connectivity index (χ4v) is 7.64. The number of unbranched alkanes of at least 4 members (excludes halogenated alkanes) is 1. The van der Waals surface area contributed by atoms with E-state index < -0.39 is 146 Å². The monoisotopic (exact) mass is 1070 g/mol. The molecule has 2 aromatic rings. The van der Waals surface area contributed by atoms with E-state index in [4.69, 9.17) is 5.73 Å². The van der Waals surface area contributed by atoms with Crippen molar-refractivity contribution in [3.05, 3.63) is 59.7 Å². The molecule has 0 aromatic heterocycles. The van der Waals surface area contributed by atoms with Gasteiger partial charge in [-0.1, -0.05) is 44.5 Å². The molecule has 0 aliphatic carbocycles. The SMILES string of the molecule is CC[C@H](C)[C@H](NC(=O)[C@H](CO)NC(=O)[C@H](Cc1ccc(O)cc1)NC(=O)[C@H](Cc1ccc(O)cc1)NC(=O)CNC(=O)[C@H](CO)NC(=O)[C@@H]1CCCN1)C(=O)N[C@@H](CCCCN)C(=O)N[C@@H](C)C(=O)N[C@@H](CO)C(=O)O. The van der Waals surface area contributed by atoms with Crippen LogP contribution in [-0.2, 0) is 60.8 Å². The maximum absolute atomic E-state index is 14.2. The molecule has 1 saturated heterocycles. The summed E-state index contributed by atoms with van der Waals surface area (Å²) < 4.78 is 0. The molecule has 2 aromatic carbocycles. The number of carbonyl (C=O) groups is 10. The van der Waals surface area contributed by atoms with Crippen molar-refractivity contribution in [2.45, 2.75) is 127 Å². The highest BCUT2D eigenvalue weighted by molar-refractivity contribution is 5.98. The molecule has 0 radical (unpaired) electrons. The molecule has 0 saturated carbocycles. The summed E-state index contributed by atoms with van der Waals surface area (Å²) in [7, 11) is 0. The topological polar surface area (TPSA) is 438 Å². The Morgan fingerprint density at radius 1 is 0.592 bits per heavy atom. The van der Waals surface area contributed by atoms with Crippen LogP contribution in [0.5, 0.6) is 11.5 Å². The summed E-state index contributed by atoms with van der Waals surface area (Å²) in [4.78, 5) is 133. The van der Waals surface area contributed by atoms with Crippen molar-refractivity contribution in [2.24, 2.45) is 11.7 Å². The number of phenols is 2. The normalized spacial score (nSPS) is 16.5. The molecule has 27 heteroatoms. The van der Waals surface area contributed by atoms with E-state index in [-0.39, 0.29) is 37.3 Å². The van der Waals surface area contributed by atoms with E-state index in [1.54, 1.807) is 13.8 Å². The molecule has 76 heavy (non-hydrogen) atoms. The number of carbonyl (C=O) groups excluding carboxylic acids is 9. The van der Waals surface area contributed by atoms with E-state index in [1.165, 1.54) is 55.5 Å². The lowest BCUT2D eigenvalue weighted by molar-refractivity contribution is -0.143. The smallest absolute Gasteiger partial charge is 0.328 e. The fourth-order valence-electron chi connectivity index (χ4n) is 7.64. The maximum Gasteiger partial charge on any atom is 0.328 e. The third-order valence-corrected chi connectivity index (χ3v) is 12.4. The number of aliphatic hydroxyl groups is 3. The lowest BCUT2D eigenvalue weighted by Gasteiger charge is -2.29. The molecule has 1 aliphatic heterocycles. The summed E-state index contributed by atoms with van der Waals surface area (Å²) >= 11 is 0. The number of carboxylic acid groups (broad SMARTS) is 1. The summed E-state index contributed by atoms with van der Waals surface area (Å²) in [5.41, 5.74) is 6.47. The van der Waals surface area contributed by atoms with E-state index in [0.717, 1.165) is 6.42 Å². The van der Waals surface area contributed by atoms with Crippen LogP contribution in [0.2, 0.25) is 0 Å². The highest BCUT2D eigenvalue weighted by Crippen LogP contribution is 2.15. The zero-order valence-corrected chi connectivity index (χ0v) is 42.6. The van der Waals surface area contributed by atoms with E-state index in [1.807, 2.05) is 0 Å². The Kier molecular flexibility index (Phi) is 26.5. The number of aliphatic carboxylic acids is 1. The molecule has 1 fully saturated rings. The van der Waals surface area contributed by atoms with Crippen molar-refractivity contribution in [3.63, 3.8) is 0 Å². The van der Waals surface area contributed by atoms with Gasteiger partial charge in [-0.3, -0.25) is 43.2 Å². The lowest BCUT2D eigenvalue weighted by atomic mass is 9.97. The number of rotatable bonds is 32. The number of amides is 9. The summed E-state index contributed by atoms with van der Waals surface area (Å²) in [5.74, 6) is -10.4. The van der Waals surface area contributed by atoms with Crippen molar-refractivity contribution in [1.82, 2.24) is 53.2 Å². The second-order valence-corrected chi connectivity index (χ2v) is 18.3. The molecule has 0 unspecified atom stereocenters. The first-order chi connectivity index (χ1) is 36.1.